The molecule has 1 atom stereocenters. The third-order valence-electron chi connectivity index (χ3n) is 3.78. The molecule has 6 heteroatoms. The predicted molar refractivity (Wildman–Crippen MR) is 98.8 cm³/mol. The molecule has 3 aromatic rings. The van der Waals surface area contributed by atoms with E-state index in [4.69, 9.17) is 4.52 Å². The fraction of sp³-hybridized carbons (Fsp3) is 0.211. The van der Waals surface area contributed by atoms with Crippen LogP contribution in [-0.2, 0) is 11.2 Å². The van der Waals surface area contributed by atoms with Crippen molar-refractivity contribution in [2.24, 2.45) is 0 Å². The molecule has 128 valence electrons. The first-order chi connectivity index (χ1) is 12.1. The summed E-state index contributed by atoms with van der Waals surface area (Å²) < 4.78 is 6.27. The van der Waals surface area contributed by atoms with Gasteiger partial charge in [-0.05, 0) is 43.2 Å². The van der Waals surface area contributed by atoms with E-state index in [0.717, 1.165) is 15.6 Å². The molecular weight excluding hydrogens is 382 g/mol. The van der Waals surface area contributed by atoms with Gasteiger partial charge in [-0.2, -0.15) is 4.98 Å². The highest BCUT2D eigenvalue weighted by Gasteiger charge is 2.17. The van der Waals surface area contributed by atoms with Gasteiger partial charge in [0.15, 0.2) is 0 Å². The summed E-state index contributed by atoms with van der Waals surface area (Å²) in [5, 5.41) is 6.88. The Morgan fingerprint density at radius 3 is 2.60 bits per heavy atom. The topological polar surface area (TPSA) is 68.0 Å². The van der Waals surface area contributed by atoms with Crippen molar-refractivity contribution in [1.82, 2.24) is 15.5 Å². The largest absolute Gasteiger partial charge is 0.345 e. The lowest BCUT2D eigenvalue weighted by Gasteiger charge is -2.09. The molecule has 25 heavy (non-hydrogen) atoms. The molecular formula is C19H18BrN3O2. The number of hydrogen-bond donors (Lipinski definition) is 1. The number of hydrogen-bond acceptors (Lipinski definition) is 4. The third kappa shape index (κ3) is 4.76. The van der Waals surface area contributed by atoms with E-state index < -0.39 is 0 Å². The molecule has 0 aliphatic carbocycles. The molecule has 1 N–H and O–H groups in total. The SMILES string of the molecule is CC(NC(=O)CCc1ccccc1)c1nc(-c2ccc(Br)cc2)no1. The number of benzene rings is 2. The van der Waals surface area contributed by atoms with Gasteiger partial charge in [-0.25, -0.2) is 0 Å². The van der Waals surface area contributed by atoms with Gasteiger partial charge in [0.2, 0.25) is 17.6 Å². The molecule has 5 nitrogen and oxygen atoms in total. The smallest absolute Gasteiger partial charge is 0.249 e. The van der Waals surface area contributed by atoms with Crippen molar-refractivity contribution < 1.29 is 9.32 Å². The van der Waals surface area contributed by atoms with E-state index in [1.807, 2.05) is 61.5 Å². The minimum absolute atomic E-state index is 0.0419. The number of nitrogens with zero attached hydrogens (tertiary/aromatic N) is 2. The van der Waals surface area contributed by atoms with Gasteiger partial charge in [-0.1, -0.05) is 51.4 Å². The molecule has 3 rings (SSSR count). The van der Waals surface area contributed by atoms with E-state index in [2.05, 4.69) is 31.4 Å². The average Bonchev–Trinajstić information content (AvgIpc) is 3.12. The van der Waals surface area contributed by atoms with E-state index in [1.54, 1.807) is 0 Å². The quantitative estimate of drug-likeness (QED) is 0.670. The van der Waals surface area contributed by atoms with E-state index >= 15 is 0 Å². The highest BCUT2D eigenvalue weighted by molar-refractivity contribution is 9.10. The van der Waals surface area contributed by atoms with Crippen LogP contribution in [-0.4, -0.2) is 16.0 Å². The van der Waals surface area contributed by atoms with Crippen molar-refractivity contribution in [3.8, 4) is 11.4 Å². The van der Waals surface area contributed by atoms with Gasteiger partial charge in [0.1, 0.15) is 6.04 Å². The summed E-state index contributed by atoms with van der Waals surface area (Å²) in [5.41, 5.74) is 2.00. The molecule has 0 bridgehead atoms. The lowest BCUT2D eigenvalue weighted by molar-refractivity contribution is -0.121. The highest BCUT2D eigenvalue weighted by atomic mass is 79.9. The molecule has 1 aromatic heterocycles. The van der Waals surface area contributed by atoms with Crippen LogP contribution in [0.4, 0.5) is 0 Å². The lowest BCUT2D eigenvalue weighted by atomic mass is 10.1. The van der Waals surface area contributed by atoms with Crippen LogP contribution in [0.3, 0.4) is 0 Å². The third-order valence-corrected chi connectivity index (χ3v) is 4.30. The first-order valence-electron chi connectivity index (χ1n) is 8.04. The Morgan fingerprint density at radius 1 is 1.16 bits per heavy atom. The first kappa shape index (κ1) is 17.4. The van der Waals surface area contributed by atoms with Crippen molar-refractivity contribution in [1.29, 1.82) is 0 Å². The van der Waals surface area contributed by atoms with E-state index in [1.165, 1.54) is 0 Å². The summed E-state index contributed by atoms with van der Waals surface area (Å²) in [6.07, 6.45) is 1.12. The summed E-state index contributed by atoms with van der Waals surface area (Å²) in [6, 6.07) is 17.2. The Kier molecular flexibility index (Phi) is 5.60. The molecule has 1 amide bonds. The molecule has 2 aromatic carbocycles. The Hall–Kier alpha value is -2.47. The van der Waals surface area contributed by atoms with Gasteiger partial charge in [0.05, 0.1) is 0 Å². The van der Waals surface area contributed by atoms with Gasteiger partial charge in [-0.3, -0.25) is 4.79 Å². The first-order valence-corrected chi connectivity index (χ1v) is 8.84. The van der Waals surface area contributed by atoms with Gasteiger partial charge in [0.25, 0.3) is 0 Å². The zero-order valence-electron chi connectivity index (χ0n) is 13.8. The van der Waals surface area contributed by atoms with E-state index in [9.17, 15) is 4.79 Å². The fourth-order valence-electron chi connectivity index (χ4n) is 2.41. The predicted octanol–water partition coefficient (Wildman–Crippen LogP) is 4.31. The number of amides is 1. The summed E-state index contributed by atoms with van der Waals surface area (Å²) in [5.74, 6) is 0.860. The van der Waals surface area contributed by atoms with Crippen molar-refractivity contribution >= 4 is 21.8 Å². The van der Waals surface area contributed by atoms with Crippen LogP contribution in [0.1, 0.15) is 30.8 Å². The van der Waals surface area contributed by atoms with Gasteiger partial charge in [0, 0.05) is 16.5 Å². The molecule has 0 saturated carbocycles. The van der Waals surface area contributed by atoms with Crippen molar-refractivity contribution in [3.05, 3.63) is 70.5 Å². The Balaban J connectivity index is 1.57. The number of halogens is 1. The van der Waals surface area contributed by atoms with Gasteiger partial charge >= 0.3 is 0 Å². The molecule has 0 radical (unpaired) electrons. The molecule has 0 spiro atoms. The monoisotopic (exact) mass is 399 g/mol. The number of aryl methyl sites for hydroxylation is 1. The normalized spacial score (nSPS) is 11.9. The number of nitrogens with one attached hydrogen (secondary N) is 1. The number of aromatic nitrogens is 2. The molecule has 0 fully saturated rings. The van der Waals surface area contributed by atoms with Gasteiger partial charge < -0.3 is 9.84 Å². The number of carbonyl (C=O) groups excluding carboxylic acids is 1. The van der Waals surface area contributed by atoms with Gasteiger partial charge in [-0.15, -0.1) is 0 Å². The summed E-state index contributed by atoms with van der Waals surface area (Å²) in [6.45, 7) is 1.83. The van der Waals surface area contributed by atoms with Crippen LogP contribution < -0.4 is 5.32 Å². The second-order valence-corrected chi connectivity index (χ2v) is 6.65. The highest BCUT2D eigenvalue weighted by Crippen LogP contribution is 2.21. The van der Waals surface area contributed by atoms with Crippen LogP contribution in [0.25, 0.3) is 11.4 Å². The Labute approximate surface area is 154 Å². The van der Waals surface area contributed by atoms with Crippen molar-refractivity contribution in [2.45, 2.75) is 25.8 Å². The van der Waals surface area contributed by atoms with Crippen LogP contribution in [0, 0.1) is 0 Å². The van der Waals surface area contributed by atoms with Crippen molar-refractivity contribution in [3.63, 3.8) is 0 Å². The Bertz CT molecular complexity index is 831. The second kappa shape index (κ2) is 8.07. The lowest BCUT2D eigenvalue weighted by Crippen LogP contribution is -2.27. The van der Waals surface area contributed by atoms with Crippen LogP contribution in [0.2, 0.25) is 0 Å². The maximum atomic E-state index is 12.1. The number of rotatable bonds is 6. The van der Waals surface area contributed by atoms with E-state index in [0.29, 0.717) is 24.6 Å². The molecule has 1 heterocycles. The zero-order chi connectivity index (χ0) is 17.6. The maximum Gasteiger partial charge on any atom is 0.249 e. The minimum atomic E-state index is -0.333. The second-order valence-electron chi connectivity index (χ2n) is 5.74. The molecule has 1 unspecified atom stereocenters. The van der Waals surface area contributed by atoms with Crippen molar-refractivity contribution in [2.75, 3.05) is 0 Å². The van der Waals surface area contributed by atoms with Crippen LogP contribution in [0.15, 0.2) is 63.6 Å². The Morgan fingerprint density at radius 2 is 1.88 bits per heavy atom. The summed E-state index contributed by atoms with van der Waals surface area (Å²) >= 11 is 3.39. The zero-order valence-corrected chi connectivity index (χ0v) is 15.4. The summed E-state index contributed by atoms with van der Waals surface area (Å²) in [4.78, 5) is 16.5. The van der Waals surface area contributed by atoms with Crippen LogP contribution >= 0.6 is 15.9 Å². The summed E-state index contributed by atoms with van der Waals surface area (Å²) in [7, 11) is 0. The maximum absolute atomic E-state index is 12.1. The fourth-order valence-corrected chi connectivity index (χ4v) is 2.67. The molecule has 0 aliphatic heterocycles. The molecule has 0 aliphatic rings. The van der Waals surface area contributed by atoms with E-state index in [-0.39, 0.29) is 11.9 Å². The molecule has 0 saturated heterocycles. The minimum Gasteiger partial charge on any atom is -0.345 e. The average molecular weight is 400 g/mol. The number of carbonyl (C=O) groups is 1. The van der Waals surface area contributed by atoms with Crippen LogP contribution in [0.5, 0.6) is 0 Å². The standard InChI is InChI=1S/C19H18BrN3O2/c1-13(21-17(24)12-7-14-5-3-2-4-6-14)19-22-18(23-25-19)15-8-10-16(20)11-9-15/h2-6,8-11,13H,7,12H2,1H3,(H,21,24).